The van der Waals surface area contributed by atoms with Crippen molar-refractivity contribution in [3.8, 4) is 0 Å². The second-order valence-corrected chi connectivity index (χ2v) is 12.1. The quantitative estimate of drug-likeness (QED) is 0.582. The van der Waals surface area contributed by atoms with Crippen LogP contribution in [-0.4, -0.2) is 49.4 Å². The number of nitrogens with one attached hydrogen (secondary N) is 1. The Morgan fingerprint density at radius 2 is 1.84 bits per heavy atom. The minimum absolute atomic E-state index is 0.0738. The van der Waals surface area contributed by atoms with Crippen molar-refractivity contribution in [2.24, 2.45) is 0 Å². The van der Waals surface area contributed by atoms with Gasteiger partial charge in [-0.15, -0.1) is 0 Å². The lowest BCUT2D eigenvalue weighted by atomic mass is 10.0. The molecule has 1 saturated heterocycles. The number of carbonyl (C=O) groups excluding carboxylic acids is 1. The normalized spacial score (nSPS) is 19.0. The first-order valence-corrected chi connectivity index (χ1v) is 14.6. The fourth-order valence-corrected chi connectivity index (χ4v) is 7.53. The second-order valence-electron chi connectivity index (χ2n) is 8.98. The van der Waals surface area contributed by atoms with Gasteiger partial charge >= 0.3 is 0 Å². The van der Waals surface area contributed by atoms with Gasteiger partial charge in [-0.3, -0.25) is 4.79 Å². The maximum Gasteiger partial charge on any atom is 0.289 e. The number of hydrogen-bond acceptors (Lipinski definition) is 5. The van der Waals surface area contributed by atoms with Crippen molar-refractivity contribution < 1.29 is 17.6 Å². The summed E-state index contributed by atoms with van der Waals surface area (Å²) < 4.78 is 33.0. The number of piperidine rings is 1. The smallest absolute Gasteiger partial charge is 0.289 e. The highest BCUT2D eigenvalue weighted by Crippen LogP contribution is 2.35. The number of hydrogen-bond donors (Lipinski definition) is 1. The van der Waals surface area contributed by atoms with Crippen LogP contribution in [0.2, 0.25) is 0 Å². The van der Waals surface area contributed by atoms with E-state index in [0.717, 1.165) is 22.3 Å². The number of rotatable bonds is 8. The number of likely N-dealkylation sites (tertiary alicyclic amines) is 1. The van der Waals surface area contributed by atoms with Crippen molar-refractivity contribution in [2.45, 2.75) is 75.3 Å². The zero-order valence-electron chi connectivity index (χ0n) is 18.8. The van der Waals surface area contributed by atoms with E-state index in [4.69, 9.17) is 4.42 Å². The summed E-state index contributed by atoms with van der Waals surface area (Å²) in [6, 6.07) is 7.80. The van der Waals surface area contributed by atoms with Gasteiger partial charge in [0.2, 0.25) is 10.0 Å². The highest BCUT2D eigenvalue weighted by atomic mass is 32.2. The maximum atomic E-state index is 13.4. The fourth-order valence-electron chi connectivity index (χ4n) is 4.77. The van der Waals surface area contributed by atoms with Crippen LogP contribution < -0.4 is 4.72 Å². The van der Waals surface area contributed by atoms with Crippen LogP contribution in [0.4, 0.5) is 0 Å². The van der Waals surface area contributed by atoms with Gasteiger partial charge in [0, 0.05) is 41.1 Å². The molecule has 2 aromatic rings. The third-order valence-electron chi connectivity index (χ3n) is 6.51. The average Bonchev–Trinajstić information content (AvgIpc) is 3.16. The van der Waals surface area contributed by atoms with Crippen LogP contribution in [0.5, 0.6) is 0 Å². The average molecular weight is 479 g/mol. The van der Waals surface area contributed by atoms with Gasteiger partial charge in [-0.1, -0.05) is 44.4 Å². The number of carbonyl (C=O) groups is 1. The summed E-state index contributed by atoms with van der Waals surface area (Å²) in [5.74, 6) is 1.32. The van der Waals surface area contributed by atoms with Gasteiger partial charge in [0.1, 0.15) is 5.58 Å². The predicted octanol–water partition coefficient (Wildman–Crippen LogP) is 4.93. The summed E-state index contributed by atoms with van der Waals surface area (Å²) in [5, 5.41) is 1.69. The predicted molar refractivity (Wildman–Crippen MR) is 131 cm³/mol. The molecule has 0 atom stereocenters. The van der Waals surface area contributed by atoms with E-state index in [-0.39, 0.29) is 17.7 Å². The van der Waals surface area contributed by atoms with Crippen LogP contribution in [0.3, 0.4) is 0 Å². The molecule has 1 aliphatic heterocycles. The van der Waals surface area contributed by atoms with E-state index in [1.54, 1.807) is 0 Å². The second kappa shape index (κ2) is 10.6. The number of benzene rings is 1. The number of para-hydroxylation sites is 1. The molecule has 0 radical (unpaired) electrons. The fraction of sp³-hybridized carbons (Fsp3) is 0.625. The Morgan fingerprint density at radius 1 is 1.12 bits per heavy atom. The van der Waals surface area contributed by atoms with E-state index in [9.17, 15) is 13.2 Å². The first-order valence-electron chi connectivity index (χ1n) is 11.9. The van der Waals surface area contributed by atoms with Gasteiger partial charge in [0.15, 0.2) is 5.76 Å². The third-order valence-corrected chi connectivity index (χ3v) is 9.55. The molecule has 1 saturated carbocycles. The number of furan rings is 1. The van der Waals surface area contributed by atoms with Crippen molar-refractivity contribution in [3.63, 3.8) is 0 Å². The summed E-state index contributed by atoms with van der Waals surface area (Å²) in [5.41, 5.74) is 1.77. The van der Waals surface area contributed by atoms with Crippen molar-refractivity contribution in [1.29, 1.82) is 0 Å². The lowest BCUT2D eigenvalue weighted by molar-refractivity contribution is 0.0680. The molecule has 1 amide bonds. The summed E-state index contributed by atoms with van der Waals surface area (Å²) >= 11 is 1.95. The molecular weight excluding hydrogens is 444 g/mol. The highest BCUT2D eigenvalue weighted by molar-refractivity contribution is 7.99. The van der Waals surface area contributed by atoms with Crippen molar-refractivity contribution in [3.05, 3.63) is 35.6 Å². The Morgan fingerprint density at radius 3 is 2.56 bits per heavy atom. The van der Waals surface area contributed by atoms with Crippen molar-refractivity contribution in [2.75, 3.05) is 18.8 Å². The number of amides is 1. The molecule has 4 rings (SSSR count). The van der Waals surface area contributed by atoms with E-state index in [0.29, 0.717) is 43.4 Å². The monoisotopic (exact) mass is 478 g/mol. The Hall–Kier alpha value is -1.51. The molecule has 2 aliphatic rings. The summed E-state index contributed by atoms with van der Waals surface area (Å²) in [6.45, 7) is 2.92. The van der Waals surface area contributed by atoms with E-state index in [1.807, 2.05) is 47.9 Å². The van der Waals surface area contributed by atoms with Gasteiger partial charge in [-0.25, -0.2) is 13.1 Å². The van der Waals surface area contributed by atoms with Crippen LogP contribution in [0.15, 0.2) is 28.7 Å². The molecule has 1 aromatic carbocycles. The summed E-state index contributed by atoms with van der Waals surface area (Å²) in [6.07, 6.45) is 8.29. The van der Waals surface area contributed by atoms with E-state index < -0.39 is 10.0 Å². The molecule has 0 bridgehead atoms. The number of thioether (sulfide) groups is 1. The number of fused-ring (bicyclic) bond motifs is 1. The molecule has 8 heteroatoms. The number of sulfonamides is 1. The maximum absolute atomic E-state index is 13.4. The van der Waals surface area contributed by atoms with Crippen LogP contribution in [0.25, 0.3) is 11.0 Å². The van der Waals surface area contributed by atoms with Crippen LogP contribution >= 0.6 is 11.8 Å². The molecular formula is C24H34N2O4S2. The first-order chi connectivity index (χ1) is 15.5. The zero-order chi connectivity index (χ0) is 22.6. The molecule has 2 fully saturated rings. The molecule has 176 valence electrons. The van der Waals surface area contributed by atoms with Gasteiger partial charge in [0.05, 0.1) is 5.75 Å². The standard InChI is InChI=1S/C24H34N2O4S2/c1-2-16-32(28,29)25-18-12-14-26(15-13-18)24(27)23-21(17-31-19-8-4-3-5-9-19)20-10-6-7-11-22(20)30-23/h6-7,10-11,18-19,25H,2-5,8-9,12-17H2,1H3. The van der Waals surface area contributed by atoms with Crippen LogP contribution in [-0.2, 0) is 15.8 Å². The van der Waals surface area contributed by atoms with Gasteiger partial charge < -0.3 is 9.32 Å². The zero-order valence-corrected chi connectivity index (χ0v) is 20.5. The molecule has 32 heavy (non-hydrogen) atoms. The molecule has 2 heterocycles. The summed E-state index contributed by atoms with van der Waals surface area (Å²) in [7, 11) is -3.24. The largest absolute Gasteiger partial charge is 0.451 e. The Bertz CT molecular complexity index is 1020. The molecule has 6 nitrogen and oxygen atoms in total. The lowest BCUT2D eigenvalue weighted by Crippen LogP contribution is -2.47. The van der Waals surface area contributed by atoms with Gasteiger partial charge in [-0.2, -0.15) is 11.8 Å². The van der Waals surface area contributed by atoms with E-state index in [1.165, 1.54) is 32.1 Å². The molecule has 1 N–H and O–H groups in total. The van der Waals surface area contributed by atoms with E-state index >= 15 is 0 Å². The van der Waals surface area contributed by atoms with Crippen LogP contribution in [0, 0.1) is 0 Å². The Balaban J connectivity index is 1.45. The lowest BCUT2D eigenvalue weighted by Gasteiger charge is -2.32. The number of nitrogens with zero attached hydrogens (tertiary/aromatic N) is 1. The van der Waals surface area contributed by atoms with Gasteiger partial charge in [-0.05, 0) is 38.2 Å². The Labute approximate surface area is 195 Å². The Kier molecular flexibility index (Phi) is 7.84. The summed E-state index contributed by atoms with van der Waals surface area (Å²) in [4.78, 5) is 15.2. The first kappa shape index (κ1) is 23.6. The molecule has 1 aromatic heterocycles. The third kappa shape index (κ3) is 5.69. The molecule has 0 spiro atoms. The highest BCUT2D eigenvalue weighted by Gasteiger charge is 2.30. The van der Waals surface area contributed by atoms with Gasteiger partial charge in [0.25, 0.3) is 5.91 Å². The molecule has 0 unspecified atom stereocenters. The topological polar surface area (TPSA) is 79.6 Å². The van der Waals surface area contributed by atoms with E-state index in [2.05, 4.69) is 4.72 Å². The SMILES string of the molecule is CCCS(=O)(=O)NC1CCN(C(=O)c2oc3ccccc3c2CSC2CCCCC2)CC1. The van der Waals surface area contributed by atoms with Crippen LogP contribution in [0.1, 0.15) is 74.4 Å². The molecule has 1 aliphatic carbocycles. The minimum atomic E-state index is -3.24. The van der Waals surface area contributed by atoms with Crippen molar-refractivity contribution in [1.82, 2.24) is 9.62 Å². The van der Waals surface area contributed by atoms with Crippen molar-refractivity contribution >= 4 is 38.7 Å². The minimum Gasteiger partial charge on any atom is -0.451 e.